The van der Waals surface area contributed by atoms with Gasteiger partial charge in [0, 0.05) is 51.7 Å². The normalized spacial score (nSPS) is 21.9. The van der Waals surface area contributed by atoms with Crippen molar-refractivity contribution >= 4 is 11.7 Å². The minimum absolute atomic E-state index is 0.101. The number of ether oxygens (including phenoxy) is 2. The van der Waals surface area contributed by atoms with Gasteiger partial charge in [-0.3, -0.25) is 14.6 Å². The molecule has 2 aliphatic heterocycles. The predicted octanol–water partition coefficient (Wildman–Crippen LogP) is 3.97. The number of anilines is 1. The molecule has 6 nitrogen and oxygen atoms in total. The van der Waals surface area contributed by atoms with E-state index in [4.69, 9.17) is 9.47 Å². The lowest BCUT2D eigenvalue weighted by molar-refractivity contribution is -0.141. The minimum Gasteiger partial charge on any atom is -0.495 e. The van der Waals surface area contributed by atoms with Crippen molar-refractivity contribution in [3.63, 3.8) is 0 Å². The molecule has 0 aromatic heterocycles. The van der Waals surface area contributed by atoms with Gasteiger partial charge in [0.25, 0.3) is 0 Å². The van der Waals surface area contributed by atoms with E-state index < -0.39 is 0 Å². The van der Waals surface area contributed by atoms with Gasteiger partial charge in [0.1, 0.15) is 5.75 Å². The standard InChI is InChI=1S/C28H39N3O3/c1-22-7-6-8-23(19-22)20-29-14-13-25(24(21-29)11-12-28(32)34-3)30-15-17-31(18-16-30)26-9-4-5-10-27(26)33-2/h4-10,19,24-25H,11-18,20-21H2,1-3H3/t24-,25+/m1/s1. The topological polar surface area (TPSA) is 45.2 Å². The second kappa shape index (κ2) is 11.7. The number of carbonyl (C=O) groups is 1. The molecule has 0 saturated carbocycles. The number of aryl methyl sites for hydroxylation is 1. The van der Waals surface area contributed by atoms with Crippen LogP contribution in [-0.4, -0.2) is 75.3 Å². The third-order valence-electron chi connectivity index (χ3n) is 7.42. The fourth-order valence-corrected chi connectivity index (χ4v) is 5.66. The second-order valence-electron chi connectivity index (χ2n) is 9.65. The molecule has 0 spiro atoms. The molecule has 2 aromatic rings. The first kappa shape index (κ1) is 24.6. The van der Waals surface area contributed by atoms with Crippen molar-refractivity contribution < 1.29 is 14.3 Å². The number of methoxy groups -OCH3 is 2. The van der Waals surface area contributed by atoms with Crippen LogP contribution in [0, 0.1) is 12.8 Å². The Hall–Kier alpha value is -2.57. The van der Waals surface area contributed by atoms with Gasteiger partial charge in [-0.2, -0.15) is 0 Å². The summed E-state index contributed by atoms with van der Waals surface area (Å²) in [6, 6.07) is 17.6. The molecular formula is C28H39N3O3. The minimum atomic E-state index is -0.101. The zero-order valence-electron chi connectivity index (χ0n) is 20.9. The maximum Gasteiger partial charge on any atom is 0.305 e. The van der Waals surface area contributed by atoms with Gasteiger partial charge in [-0.15, -0.1) is 0 Å². The molecule has 0 N–H and O–H groups in total. The molecule has 4 rings (SSSR count). The molecule has 0 aliphatic carbocycles. The molecule has 184 valence electrons. The molecule has 2 aliphatic rings. The van der Waals surface area contributed by atoms with E-state index in [2.05, 4.69) is 58.0 Å². The Morgan fingerprint density at radius 1 is 1.00 bits per heavy atom. The van der Waals surface area contributed by atoms with Crippen LogP contribution in [0.3, 0.4) is 0 Å². The second-order valence-corrected chi connectivity index (χ2v) is 9.65. The molecule has 34 heavy (non-hydrogen) atoms. The average molecular weight is 466 g/mol. The van der Waals surface area contributed by atoms with Crippen LogP contribution in [-0.2, 0) is 16.1 Å². The Morgan fingerprint density at radius 2 is 1.79 bits per heavy atom. The predicted molar refractivity (Wildman–Crippen MR) is 136 cm³/mol. The van der Waals surface area contributed by atoms with Crippen molar-refractivity contribution in [2.75, 3.05) is 58.4 Å². The van der Waals surface area contributed by atoms with Crippen LogP contribution in [0.1, 0.15) is 30.4 Å². The lowest BCUT2D eigenvalue weighted by Crippen LogP contribution is -2.56. The summed E-state index contributed by atoms with van der Waals surface area (Å²) in [5.74, 6) is 1.31. The fourth-order valence-electron chi connectivity index (χ4n) is 5.66. The number of nitrogens with zero attached hydrogens (tertiary/aromatic N) is 3. The van der Waals surface area contributed by atoms with E-state index in [0.29, 0.717) is 18.4 Å². The molecule has 0 unspecified atom stereocenters. The summed E-state index contributed by atoms with van der Waals surface area (Å²) >= 11 is 0. The summed E-state index contributed by atoms with van der Waals surface area (Å²) in [4.78, 5) is 19.6. The number of carbonyl (C=O) groups excluding carboxylic acids is 1. The van der Waals surface area contributed by atoms with E-state index in [1.807, 2.05) is 12.1 Å². The number of esters is 1. The van der Waals surface area contributed by atoms with Crippen molar-refractivity contribution in [3.05, 3.63) is 59.7 Å². The van der Waals surface area contributed by atoms with Gasteiger partial charge >= 0.3 is 5.97 Å². The third-order valence-corrected chi connectivity index (χ3v) is 7.42. The summed E-state index contributed by atoms with van der Waals surface area (Å²) in [7, 11) is 3.23. The lowest BCUT2D eigenvalue weighted by Gasteiger charge is -2.47. The number of piperazine rings is 1. The third kappa shape index (κ3) is 6.10. The maximum atomic E-state index is 11.9. The van der Waals surface area contributed by atoms with E-state index in [-0.39, 0.29) is 5.97 Å². The summed E-state index contributed by atoms with van der Waals surface area (Å²) in [5, 5.41) is 0. The number of benzene rings is 2. The molecule has 0 bridgehead atoms. The van der Waals surface area contributed by atoms with Gasteiger partial charge in [-0.25, -0.2) is 0 Å². The highest BCUT2D eigenvalue weighted by Crippen LogP contribution is 2.31. The number of piperidine rings is 1. The molecule has 2 atom stereocenters. The number of likely N-dealkylation sites (tertiary alicyclic amines) is 1. The molecule has 0 radical (unpaired) electrons. The Morgan fingerprint density at radius 3 is 2.53 bits per heavy atom. The first-order chi connectivity index (χ1) is 16.6. The van der Waals surface area contributed by atoms with Crippen LogP contribution in [0.2, 0.25) is 0 Å². The highest BCUT2D eigenvalue weighted by Gasteiger charge is 2.35. The van der Waals surface area contributed by atoms with Gasteiger partial charge < -0.3 is 14.4 Å². The average Bonchev–Trinajstić information content (AvgIpc) is 2.87. The van der Waals surface area contributed by atoms with Crippen LogP contribution in [0.25, 0.3) is 0 Å². The van der Waals surface area contributed by atoms with Gasteiger partial charge in [0.2, 0.25) is 0 Å². The zero-order chi connectivity index (χ0) is 23.9. The van der Waals surface area contributed by atoms with Gasteiger partial charge in [-0.1, -0.05) is 42.0 Å². The lowest BCUT2D eigenvalue weighted by atomic mass is 9.86. The number of rotatable bonds is 8. The first-order valence-corrected chi connectivity index (χ1v) is 12.5. The number of para-hydroxylation sites is 2. The highest BCUT2D eigenvalue weighted by molar-refractivity contribution is 5.69. The Kier molecular flexibility index (Phi) is 8.46. The van der Waals surface area contributed by atoms with E-state index in [1.165, 1.54) is 23.9 Å². The van der Waals surface area contributed by atoms with Gasteiger partial charge in [0.15, 0.2) is 0 Å². The Labute approximate surface area is 204 Å². The first-order valence-electron chi connectivity index (χ1n) is 12.5. The molecule has 2 aromatic carbocycles. The van der Waals surface area contributed by atoms with E-state index in [0.717, 1.165) is 64.4 Å². The summed E-state index contributed by atoms with van der Waals surface area (Å²) in [5.41, 5.74) is 3.86. The van der Waals surface area contributed by atoms with Crippen LogP contribution in [0.4, 0.5) is 5.69 Å². The van der Waals surface area contributed by atoms with Crippen LogP contribution in [0.5, 0.6) is 5.75 Å². The number of hydrogen-bond acceptors (Lipinski definition) is 6. The Bertz CT molecular complexity index is 942. The molecule has 2 heterocycles. The van der Waals surface area contributed by atoms with Crippen molar-refractivity contribution in [2.45, 2.75) is 38.8 Å². The molecule has 2 saturated heterocycles. The van der Waals surface area contributed by atoms with Gasteiger partial charge in [-0.05, 0) is 49.9 Å². The van der Waals surface area contributed by atoms with Crippen LogP contribution < -0.4 is 9.64 Å². The Balaban J connectivity index is 1.40. The summed E-state index contributed by atoms with van der Waals surface area (Å²) in [6.45, 7) is 9.32. The molecule has 0 amide bonds. The van der Waals surface area contributed by atoms with E-state index >= 15 is 0 Å². The van der Waals surface area contributed by atoms with E-state index in [1.54, 1.807) is 7.11 Å². The maximum absolute atomic E-state index is 11.9. The van der Waals surface area contributed by atoms with Crippen LogP contribution >= 0.6 is 0 Å². The largest absolute Gasteiger partial charge is 0.495 e. The van der Waals surface area contributed by atoms with Gasteiger partial charge in [0.05, 0.1) is 19.9 Å². The monoisotopic (exact) mass is 465 g/mol. The van der Waals surface area contributed by atoms with Crippen LogP contribution in [0.15, 0.2) is 48.5 Å². The summed E-state index contributed by atoms with van der Waals surface area (Å²) < 4.78 is 10.5. The zero-order valence-corrected chi connectivity index (χ0v) is 20.9. The highest BCUT2D eigenvalue weighted by atomic mass is 16.5. The molecule has 2 fully saturated rings. The summed E-state index contributed by atoms with van der Waals surface area (Å²) in [6.07, 6.45) is 2.53. The number of hydrogen-bond donors (Lipinski definition) is 0. The smallest absolute Gasteiger partial charge is 0.305 e. The van der Waals surface area contributed by atoms with Crippen molar-refractivity contribution in [1.82, 2.24) is 9.80 Å². The quantitative estimate of drug-likeness (QED) is 0.550. The fraction of sp³-hybridized carbons (Fsp3) is 0.536. The van der Waals surface area contributed by atoms with Crippen molar-refractivity contribution in [2.24, 2.45) is 5.92 Å². The SMILES string of the molecule is COC(=O)CC[C@@H]1CN(Cc2cccc(C)c2)CC[C@@H]1N1CCN(c2ccccc2OC)CC1. The van der Waals surface area contributed by atoms with Crippen molar-refractivity contribution in [1.29, 1.82) is 0 Å². The van der Waals surface area contributed by atoms with E-state index in [9.17, 15) is 4.79 Å². The molecule has 6 heteroatoms. The molecular weight excluding hydrogens is 426 g/mol. The van der Waals surface area contributed by atoms with Crippen molar-refractivity contribution in [3.8, 4) is 5.75 Å².